The maximum Gasteiger partial charge on any atom is 0.431 e. The molecule has 0 fully saturated rings. The molecule has 6 heteroatoms. The molecule has 0 saturated carbocycles. The molecule has 1 aromatic heterocycles. The Kier molecular flexibility index (Phi) is 3.45. The number of nitrogens with zero attached hydrogens (tertiary/aromatic N) is 1. The quantitative estimate of drug-likeness (QED) is 0.784. The number of aromatic nitrogens is 2. The van der Waals surface area contributed by atoms with Crippen LogP contribution in [-0.4, -0.2) is 9.97 Å². The Morgan fingerprint density at radius 2 is 1.84 bits per heavy atom. The first-order valence-corrected chi connectivity index (χ1v) is 5.94. The number of aryl methyl sites for hydroxylation is 2. The first-order chi connectivity index (χ1) is 8.77. The summed E-state index contributed by atoms with van der Waals surface area (Å²) >= 11 is 4.76. The van der Waals surface area contributed by atoms with Gasteiger partial charge in [0.15, 0.2) is 4.77 Å². The highest BCUT2D eigenvalue weighted by Crippen LogP contribution is 2.30. The fourth-order valence-corrected chi connectivity index (χ4v) is 2.06. The summed E-state index contributed by atoms with van der Waals surface area (Å²) in [5, 5.41) is 0. The van der Waals surface area contributed by atoms with Gasteiger partial charge in [-0.3, -0.25) is 0 Å². The van der Waals surface area contributed by atoms with Crippen molar-refractivity contribution in [2.24, 2.45) is 0 Å². The second-order valence-corrected chi connectivity index (χ2v) is 4.69. The minimum Gasteiger partial charge on any atom is -0.327 e. The SMILES string of the molecule is Cc1ccc(-c2cc(C(F)(F)F)[nH]c(=S)n2)c(C)c1. The van der Waals surface area contributed by atoms with Crippen LogP contribution in [0.2, 0.25) is 0 Å². The number of alkyl halides is 3. The summed E-state index contributed by atoms with van der Waals surface area (Å²) in [6.45, 7) is 3.75. The zero-order valence-electron chi connectivity index (χ0n) is 10.3. The van der Waals surface area contributed by atoms with E-state index >= 15 is 0 Å². The normalized spacial score (nSPS) is 11.6. The molecule has 0 radical (unpaired) electrons. The van der Waals surface area contributed by atoms with Gasteiger partial charge in [-0.15, -0.1) is 0 Å². The Morgan fingerprint density at radius 3 is 2.42 bits per heavy atom. The lowest BCUT2D eigenvalue weighted by Crippen LogP contribution is -2.09. The molecule has 2 aromatic rings. The largest absolute Gasteiger partial charge is 0.431 e. The molecular formula is C13H11F3N2S. The van der Waals surface area contributed by atoms with Gasteiger partial charge in [0.05, 0.1) is 5.69 Å². The molecule has 0 aliphatic rings. The third-order valence-corrected chi connectivity index (χ3v) is 2.90. The van der Waals surface area contributed by atoms with E-state index in [1.807, 2.05) is 26.0 Å². The molecule has 0 unspecified atom stereocenters. The fraction of sp³-hybridized carbons (Fsp3) is 0.231. The summed E-state index contributed by atoms with van der Waals surface area (Å²) in [5.41, 5.74) is 1.90. The van der Waals surface area contributed by atoms with E-state index in [4.69, 9.17) is 12.2 Å². The molecule has 0 saturated heterocycles. The molecule has 1 N–H and O–H groups in total. The molecule has 1 heterocycles. The standard InChI is InChI=1S/C13H11F3N2S/c1-7-3-4-9(8(2)5-7)10-6-11(13(14,15)16)18-12(19)17-10/h3-6H,1-2H3,(H,17,18,19). The highest BCUT2D eigenvalue weighted by atomic mass is 32.1. The van der Waals surface area contributed by atoms with Crippen LogP contribution in [0.4, 0.5) is 13.2 Å². The zero-order chi connectivity index (χ0) is 14.2. The Bertz CT molecular complexity index is 674. The summed E-state index contributed by atoms with van der Waals surface area (Å²) in [5.74, 6) is 0. The number of benzene rings is 1. The lowest BCUT2D eigenvalue weighted by molar-refractivity contribution is -0.141. The van der Waals surface area contributed by atoms with Gasteiger partial charge in [-0.05, 0) is 37.7 Å². The van der Waals surface area contributed by atoms with Crippen molar-refractivity contribution < 1.29 is 13.2 Å². The van der Waals surface area contributed by atoms with Crippen LogP contribution in [0.3, 0.4) is 0 Å². The summed E-state index contributed by atoms with van der Waals surface area (Å²) in [4.78, 5) is 6.03. The Labute approximate surface area is 113 Å². The van der Waals surface area contributed by atoms with Crippen molar-refractivity contribution in [2.45, 2.75) is 20.0 Å². The van der Waals surface area contributed by atoms with E-state index in [-0.39, 0.29) is 10.5 Å². The molecule has 0 aliphatic heterocycles. The van der Waals surface area contributed by atoms with Crippen LogP contribution in [0.25, 0.3) is 11.3 Å². The molecule has 1 aromatic carbocycles. The third-order valence-electron chi connectivity index (χ3n) is 2.71. The van der Waals surface area contributed by atoms with Crippen molar-refractivity contribution in [3.63, 3.8) is 0 Å². The summed E-state index contributed by atoms with van der Waals surface area (Å²) in [6, 6.07) is 6.45. The van der Waals surface area contributed by atoms with Crippen molar-refractivity contribution in [3.8, 4) is 11.3 Å². The van der Waals surface area contributed by atoms with E-state index in [9.17, 15) is 13.2 Å². The van der Waals surface area contributed by atoms with Crippen molar-refractivity contribution in [3.05, 3.63) is 45.9 Å². The topological polar surface area (TPSA) is 28.7 Å². The number of nitrogens with one attached hydrogen (secondary N) is 1. The number of rotatable bonds is 1. The maximum atomic E-state index is 12.7. The van der Waals surface area contributed by atoms with Gasteiger partial charge in [-0.2, -0.15) is 13.2 Å². The van der Waals surface area contributed by atoms with Crippen LogP contribution >= 0.6 is 12.2 Å². The van der Waals surface area contributed by atoms with Crippen LogP contribution < -0.4 is 0 Å². The highest BCUT2D eigenvalue weighted by Gasteiger charge is 2.32. The van der Waals surface area contributed by atoms with E-state index in [0.29, 0.717) is 5.56 Å². The smallest absolute Gasteiger partial charge is 0.327 e. The minimum absolute atomic E-state index is 0.176. The average molecular weight is 284 g/mol. The predicted molar refractivity (Wildman–Crippen MR) is 69.3 cm³/mol. The first kappa shape index (κ1) is 13.7. The number of H-pyrrole nitrogens is 1. The second-order valence-electron chi connectivity index (χ2n) is 4.30. The third kappa shape index (κ3) is 3.01. The Morgan fingerprint density at radius 1 is 1.16 bits per heavy atom. The monoisotopic (exact) mass is 284 g/mol. The number of hydrogen-bond acceptors (Lipinski definition) is 2. The van der Waals surface area contributed by atoms with Crippen LogP contribution in [0.1, 0.15) is 16.8 Å². The molecule has 0 aliphatic carbocycles. The second kappa shape index (κ2) is 4.77. The molecule has 19 heavy (non-hydrogen) atoms. The lowest BCUT2D eigenvalue weighted by atomic mass is 10.0. The van der Waals surface area contributed by atoms with Crippen LogP contribution in [0.15, 0.2) is 24.3 Å². The number of halogens is 3. The Hall–Kier alpha value is -1.69. The van der Waals surface area contributed by atoms with Crippen molar-refractivity contribution >= 4 is 12.2 Å². The summed E-state index contributed by atoms with van der Waals surface area (Å²) < 4.78 is 38.0. The number of hydrogen-bond donors (Lipinski definition) is 1. The molecular weight excluding hydrogens is 273 g/mol. The van der Waals surface area contributed by atoms with Gasteiger partial charge in [0.25, 0.3) is 0 Å². The minimum atomic E-state index is -4.47. The van der Waals surface area contributed by atoms with Gasteiger partial charge in [0, 0.05) is 5.56 Å². The average Bonchev–Trinajstić information content (AvgIpc) is 2.26. The van der Waals surface area contributed by atoms with Crippen molar-refractivity contribution in [1.29, 1.82) is 0 Å². The summed E-state index contributed by atoms with van der Waals surface area (Å²) in [6.07, 6.45) is -4.47. The van der Waals surface area contributed by atoms with Gasteiger partial charge >= 0.3 is 6.18 Å². The highest BCUT2D eigenvalue weighted by molar-refractivity contribution is 7.71. The zero-order valence-corrected chi connectivity index (χ0v) is 11.1. The summed E-state index contributed by atoms with van der Waals surface area (Å²) in [7, 11) is 0. The van der Waals surface area contributed by atoms with Gasteiger partial charge in [-0.1, -0.05) is 23.8 Å². The van der Waals surface area contributed by atoms with E-state index in [1.54, 1.807) is 6.07 Å². The van der Waals surface area contributed by atoms with Crippen molar-refractivity contribution in [1.82, 2.24) is 9.97 Å². The molecule has 0 amide bonds. The van der Waals surface area contributed by atoms with E-state index in [0.717, 1.165) is 17.2 Å². The number of aromatic amines is 1. The van der Waals surface area contributed by atoms with E-state index < -0.39 is 11.9 Å². The van der Waals surface area contributed by atoms with Crippen LogP contribution in [0.5, 0.6) is 0 Å². The first-order valence-electron chi connectivity index (χ1n) is 5.53. The molecule has 2 rings (SSSR count). The Balaban J connectivity index is 2.63. The van der Waals surface area contributed by atoms with Gasteiger partial charge in [0.1, 0.15) is 5.69 Å². The molecule has 0 atom stereocenters. The van der Waals surface area contributed by atoms with E-state index in [1.165, 1.54) is 0 Å². The van der Waals surface area contributed by atoms with Gasteiger partial charge in [-0.25, -0.2) is 4.98 Å². The molecule has 0 bridgehead atoms. The molecule has 100 valence electrons. The van der Waals surface area contributed by atoms with E-state index in [2.05, 4.69) is 9.97 Å². The van der Waals surface area contributed by atoms with Crippen molar-refractivity contribution in [2.75, 3.05) is 0 Å². The fourth-order valence-electron chi connectivity index (χ4n) is 1.85. The lowest BCUT2D eigenvalue weighted by Gasteiger charge is -2.10. The van der Waals surface area contributed by atoms with Crippen LogP contribution in [0, 0.1) is 18.6 Å². The van der Waals surface area contributed by atoms with Gasteiger partial charge < -0.3 is 4.98 Å². The predicted octanol–water partition coefficient (Wildman–Crippen LogP) is 4.44. The van der Waals surface area contributed by atoms with Crippen LogP contribution in [-0.2, 0) is 6.18 Å². The molecule has 2 nitrogen and oxygen atoms in total. The maximum absolute atomic E-state index is 12.7. The van der Waals surface area contributed by atoms with Gasteiger partial charge in [0.2, 0.25) is 0 Å². The molecule has 0 spiro atoms.